The van der Waals surface area contributed by atoms with Gasteiger partial charge in [-0.1, -0.05) is 41.6 Å². The lowest BCUT2D eigenvalue weighted by molar-refractivity contribution is -0.869. The molecule has 0 aliphatic carbocycles. The molecule has 0 bridgehead atoms. The largest absolute Gasteiger partial charge is 1.00 e. The van der Waals surface area contributed by atoms with E-state index in [0.29, 0.717) is 26.3 Å². The second-order valence-electron chi connectivity index (χ2n) is 7.43. The van der Waals surface area contributed by atoms with Gasteiger partial charge in [-0.25, -0.2) is 4.98 Å². The molecule has 144 valence electrons. The third kappa shape index (κ3) is 5.47. The molecule has 1 aromatic heterocycles. The first-order valence-electron chi connectivity index (χ1n) is 8.49. The molecule has 1 heterocycles. The molecule has 0 amide bonds. The summed E-state index contributed by atoms with van der Waals surface area (Å²) < 4.78 is 2.55. The van der Waals surface area contributed by atoms with Crippen LogP contribution >= 0.6 is 23.4 Å². The van der Waals surface area contributed by atoms with Crippen molar-refractivity contribution in [1.82, 2.24) is 9.55 Å². The van der Waals surface area contributed by atoms with Crippen LogP contribution in [0.15, 0.2) is 58.5 Å². The van der Waals surface area contributed by atoms with Gasteiger partial charge in [-0.2, -0.15) is 0 Å². The molecule has 3 aromatic rings. The van der Waals surface area contributed by atoms with Gasteiger partial charge in [-0.05, 0) is 37.3 Å². The third-order valence-corrected chi connectivity index (χ3v) is 5.20. The van der Waals surface area contributed by atoms with E-state index in [9.17, 15) is 4.79 Å². The Morgan fingerprint density at radius 1 is 1.15 bits per heavy atom. The zero-order valence-corrected chi connectivity index (χ0v) is 19.5. The van der Waals surface area contributed by atoms with Crippen LogP contribution in [0.5, 0.6) is 0 Å². The summed E-state index contributed by atoms with van der Waals surface area (Å²) >= 11 is 7.73. The molecule has 7 heteroatoms. The highest BCUT2D eigenvalue weighted by Gasteiger charge is 2.20. The topological polar surface area (TPSA) is 34.9 Å². The number of benzene rings is 2. The molecule has 0 radical (unpaired) electrons. The highest BCUT2D eigenvalue weighted by atomic mass is 127. The van der Waals surface area contributed by atoms with Crippen molar-refractivity contribution in [2.45, 2.75) is 17.3 Å². The lowest BCUT2D eigenvalue weighted by Crippen LogP contribution is -3.00. The Hall–Kier alpha value is -1.09. The Kier molecular flexibility index (Phi) is 7.35. The number of para-hydroxylation sites is 1. The van der Waals surface area contributed by atoms with Gasteiger partial charge in [-0.15, -0.1) is 0 Å². The number of aromatic nitrogens is 2. The van der Waals surface area contributed by atoms with Crippen LogP contribution in [0.25, 0.3) is 16.6 Å². The second-order valence-corrected chi connectivity index (χ2v) is 9.28. The van der Waals surface area contributed by atoms with E-state index < -0.39 is 0 Å². The summed E-state index contributed by atoms with van der Waals surface area (Å²) in [6, 6.07) is 14.9. The van der Waals surface area contributed by atoms with E-state index in [1.807, 2.05) is 30.3 Å². The summed E-state index contributed by atoms with van der Waals surface area (Å²) in [6.45, 7) is 3.13. The van der Waals surface area contributed by atoms with Gasteiger partial charge >= 0.3 is 0 Å². The first-order valence-corrected chi connectivity index (χ1v) is 9.75. The molecule has 0 aliphatic rings. The van der Waals surface area contributed by atoms with Crippen molar-refractivity contribution in [2.24, 2.45) is 0 Å². The Morgan fingerprint density at radius 3 is 2.44 bits per heavy atom. The number of rotatable bonds is 5. The maximum atomic E-state index is 13.2. The van der Waals surface area contributed by atoms with Gasteiger partial charge in [0.15, 0.2) is 5.16 Å². The first-order chi connectivity index (χ1) is 12.2. The smallest absolute Gasteiger partial charge is 0.266 e. The van der Waals surface area contributed by atoms with Gasteiger partial charge in [0.2, 0.25) is 0 Å². The van der Waals surface area contributed by atoms with Gasteiger partial charge in [0.25, 0.3) is 5.56 Å². The van der Waals surface area contributed by atoms with E-state index in [-0.39, 0.29) is 29.5 Å². The first kappa shape index (κ1) is 22.2. The molecule has 1 atom stereocenters. The lowest BCUT2D eigenvalue weighted by atomic mass is 10.2. The molecular weight excluding hydrogens is 493 g/mol. The fraction of sp³-hybridized carbons (Fsp3) is 0.300. The van der Waals surface area contributed by atoms with Crippen molar-refractivity contribution in [3.05, 3.63) is 63.9 Å². The third-order valence-electron chi connectivity index (χ3n) is 3.93. The Bertz CT molecular complexity index is 986. The van der Waals surface area contributed by atoms with Crippen LogP contribution in [-0.2, 0) is 0 Å². The summed E-state index contributed by atoms with van der Waals surface area (Å²) in [4.78, 5) is 18.0. The highest BCUT2D eigenvalue weighted by molar-refractivity contribution is 7.99. The maximum Gasteiger partial charge on any atom is 0.266 e. The summed E-state index contributed by atoms with van der Waals surface area (Å²) in [7, 11) is 6.48. The van der Waals surface area contributed by atoms with E-state index in [1.165, 1.54) is 0 Å². The number of nitrogens with zero attached hydrogens (tertiary/aromatic N) is 3. The van der Waals surface area contributed by atoms with Crippen LogP contribution < -0.4 is 29.5 Å². The SMILES string of the molecule is CC(C[N+](C)(C)C)Sc1nc2cc(Cl)ccc2c(=O)n1-c1ccccc1.[I-]. The molecule has 0 aliphatic heterocycles. The molecule has 3 rings (SSSR count). The quantitative estimate of drug-likeness (QED) is 0.222. The normalized spacial score (nSPS) is 12.6. The van der Waals surface area contributed by atoms with E-state index in [0.717, 1.165) is 16.7 Å². The van der Waals surface area contributed by atoms with Crippen LogP contribution in [0.4, 0.5) is 0 Å². The Balaban J connectivity index is 0.00000261. The van der Waals surface area contributed by atoms with Gasteiger partial charge in [0, 0.05) is 5.02 Å². The molecule has 4 nitrogen and oxygen atoms in total. The molecule has 0 fully saturated rings. The number of quaternary nitrogens is 1. The Labute approximate surface area is 186 Å². The summed E-state index contributed by atoms with van der Waals surface area (Å²) in [5, 5.41) is 2.14. The standard InChI is InChI=1S/C20H23ClN3OS.HI/c1-14(13-24(2,3)4)26-20-22-18-12-15(21)10-11-17(18)19(25)23(20)16-8-6-5-7-9-16;/h5-12,14H,13H2,1-4H3;1H/q+1;/p-1. The lowest BCUT2D eigenvalue weighted by Gasteiger charge is -2.27. The molecule has 27 heavy (non-hydrogen) atoms. The number of fused-ring (bicyclic) bond motifs is 1. The highest BCUT2D eigenvalue weighted by Crippen LogP contribution is 2.26. The van der Waals surface area contributed by atoms with E-state index >= 15 is 0 Å². The van der Waals surface area contributed by atoms with Crippen molar-refractivity contribution in [3.63, 3.8) is 0 Å². The van der Waals surface area contributed by atoms with E-state index in [1.54, 1.807) is 34.5 Å². The molecule has 0 saturated heterocycles. The molecule has 0 N–H and O–H groups in total. The monoisotopic (exact) mass is 515 g/mol. The number of thioether (sulfide) groups is 1. The molecule has 2 aromatic carbocycles. The van der Waals surface area contributed by atoms with Crippen LogP contribution in [0.3, 0.4) is 0 Å². The number of hydrogen-bond acceptors (Lipinski definition) is 3. The van der Waals surface area contributed by atoms with Crippen molar-refractivity contribution < 1.29 is 28.5 Å². The summed E-state index contributed by atoms with van der Waals surface area (Å²) in [6.07, 6.45) is 0. The molecule has 0 saturated carbocycles. The van der Waals surface area contributed by atoms with Crippen LogP contribution in [0.1, 0.15) is 6.92 Å². The molecular formula is C20H23ClIN3OS. The molecule has 0 spiro atoms. The minimum Gasteiger partial charge on any atom is -1.00 e. The van der Waals surface area contributed by atoms with Gasteiger partial charge in [0.05, 0.1) is 49.5 Å². The average molecular weight is 516 g/mol. The van der Waals surface area contributed by atoms with Crippen molar-refractivity contribution in [1.29, 1.82) is 0 Å². The minimum absolute atomic E-state index is 0. The van der Waals surface area contributed by atoms with Crippen LogP contribution in [0, 0.1) is 0 Å². The van der Waals surface area contributed by atoms with Crippen LogP contribution in [-0.4, -0.2) is 47.0 Å². The van der Waals surface area contributed by atoms with Crippen LogP contribution in [0.2, 0.25) is 5.02 Å². The Morgan fingerprint density at radius 2 is 1.81 bits per heavy atom. The van der Waals surface area contributed by atoms with Crippen molar-refractivity contribution >= 4 is 34.3 Å². The zero-order chi connectivity index (χ0) is 18.9. The fourth-order valence-corrected chi connectivity index (χ4v) is 4.50. The van der Waals surface area contributed by atoms with E-state index in [2.05, 4.69) is 28.1 Å². The average Bonchev–Trinajstić information content (AvgIpc) is 2.53. The minimum atomic E-state index is -0.0715. The number of halogens is 2. The zero-order valence-electron chi connectivity index (χ0n) is 15.8. The predicted molar refractivity (Wildman–Crippen MR) is 111 cm³/mol. The van der Waals surface area contributed by atoms with Crippen molar-refractivity contribution in [2.75, 3.05) is 27.7 Å². The van der Waals surface area contributed by atoms with E-state index in [4.69, 9.17) is 16.6 Å². The fourth-order valence-electron chi connectivity index (χ4n) is 3.01. The second kappa shape index (κ2) is 8.94. The maximum absolute atomic E-state index is 13.2. The van der Waals surface area contributed by atoms with Crippen molar-refractivity contribution in [3.8, 4) is 5.69 Å². The number of hydrogen-bond donors (Lipinski definition) is 0. The predicted octanol–water partition coefficient (Wildman–Crippen LogP) is 1.23. The van der Waals surface area contributed by atoms with Gasteiger partial charge in [-0.3, -0.25) is 9.36 Å². The summed E-state index contributed by atoms with van der Waals surface area (Å²) in [5.41, 5.74) is 1.38. The molecule has 1 unspecified atom stereocenters. The van der Waals surface area contributed by atoms with Gasteiger partial charge in [0.1, 0.15) is 0 Å². The van der Waals surface area contributed by atoms with Gasteiger partial charge < -0.3 is 28.5 Å². The summed E-state index contributed by atoms with van der Waals surface area (Å²) in [5.74, 6) is 0.